The second kappa shape index (κ2) is 7.20. The van der Waals surface area contributed by atoms with Gasteiger partial charge in [-0.1, -0.05) is 11.8 Å². The lowest BCUT2D eigenvalue weighted by molar-refractivity contribution is 0.0635. The van der Waals surface area contributed by atoms with Crippen LogP contribution in [0.2, 0.25) is 0 Å². The number of anilines is 1. The molecule has 0 saturated heterocycles. The normalized spacial score (nSPS) is 10.4. The van der Waals surface area contributed by atoms with Gasteiger partial charge in [0.15, 0.2) is 0 Å². The molecule has 1 amide bonds. The number of amides is 1. The average molecular weight is 295 g/mol. The van der Waals surface area contributed by atoms with Crippen molar-refractivity contribution in [2.75, 3.05) is 11.1 Å². The largest absolute Gasteiger partial charge is 0.444 e. The maximum absolute atomic E-state index is 13.8. The van der Waals surface area contributed by atoms with E-state index in [4.69, 9.17) is 4.74 Å². The fourth-order valence-electron chi connectivity index (χ4n) is 1.33. The molecule has 0 atom stereocenters. The second-order valence-corrected chi connectivity index (χ2v) is 5.54. The Morgan fingerprint density at radius 3 is 2.70 bits per heavy atom. The number of nitrogens with one attached hydrogen (secondary N) is 1. The minimum Gasteiger partial charge on any atom is -0.444 e. The zero-order chi connectivity index (χ0) is 15.2. The highest BCUT2D eigenvalue weighted by Crippen LogP contribution is 2.17. The zero-order valence-corrected chi connectivity index (χ0v) is 12.7. The monoisotopic (exact) mass is 295 g/mol. The van der Waals surface area contributed by atoms with E-state index in [1.807, 2.05) is 0 Å². The van der Waals surface area contributed by atoms with Gasteiger partial charge in [0.25, 0.3) is 0 Å². The van der Waals surface area contributed by atoms with Crippen LogP contribution in [0, 0.1) is 17.7 Å². The highest BCUT2D eigenvalue weighted by Gasteiger charge is 2.17. The summed E-state index contributed by atoms with van der Waals surface area (Å²) in [6.07, 6.45) is -0.0480. The van der Waals surface area contributed by atoms with Gasteiger partial charge in [-0.3, -0.25) is 5.32 Å². The lowest BCUT2D eigenvalue weighted by Crippen LogP contribution is -2.27. The summed E-state index contributed by atoms with van der Waals surface area (Å²) in [5.74, 6) is 5.80. The zero-order valence-electron chi connectivity index (χ0n) is 11.8. The maximum atomic E-state index is 13.8. The number of rotatable bonds is 2. The average Bonchev–Trinajstić information content (AvgIpc) is 2.30. The van der Waals surface area contributed by atoms with E-state index in [2.05, 4.69) is 29.8 Å². The number of carbonyl (C=O) groups is 1. The van der Waals surface area contributed by atoms with Gasteiger partial charge >= 0.3 is 6.09 Å². The third-order valence-corrected chi connectivity index (χ3v) is 2.30. The third kappa shape index (κ3) is 5.98. The maximum Gasteiger partial charge on any atom is 0.412 e. The number of thiol groups is 1. The van der Waals surface area contributed by atoms with E-state index in [0.717, 1.165) is 0 Å². The summed E-state index contributed by atoms with van der Waals surface area (Å²) in [6, 6.07) is 4.38. The number of hydrogen-bond donors (Lipinski definition) is 2. The van der Waals surface area contributed by atoms with Crippen LogP contribution in [-0.4, -0.2) is 17.4 Å². The molecule has 1 N–H and O–H groups in total. The van der Waals surface area contributed by atoms with Crippen LogP contribution in [0.1, 0.15) is 32.8 Å². The van der Waals surface area contributed by atoms with Gasteiger partial charge in [-0.05, 0) is 39.0 Å². The van der Waals surface area contributed by atoms with E-state index in [-0.39, 0.29) is 5.69 Å². The van der Waals surface area contributed by atoms with Crippen LogP contribution >= 0.6 is 12.6 Å². The summed E-state index contributed by atoms with van der Waals surface area (Å²) in [5, 5.41) is 2.36. The van der Waals surface area contributed by atoms with Crippen molar-refractivity contribution in [2.45, 2.75) is 32.8 Å². The first kappa shape index (κ1) is 16.4. The van der Waals surface area contributed by atoms with Crippen LogP contribution in [0.4, 0.5) is 14.9 Å². The first-order valence-electron chi connectivity index (χ1n) is 6.21. The molecule has 0 aromatic heterocycles. The van der Waals surface area contributed by atoms with Crippen LogP contribution < -0.4 is 5.32 Å². The third-order valence-electron chi connectivity index (χ3n) is 2.07. The van der Waals surface area contributed by atoms with Crippen molar-refractivity contribution < 1.29 is 13.9 Å². The molecule has 5 heteroatoms. The summed E-state index contributed by atoms with van der Waals surface area (Å²) in [6.45, 7) is 5.22. The number of benzene rings is 1. The molecule has 20 heavy (non-hydrogen) atoms. The van der Waals surface area contributed by atoms with Crippen molar-refractivity contribution >= 4 is 24.4 Å². The molecule has 1 aromatic rings. The molecular formula is C15H18FNO2S. The lowest BCUT2D eigenvalue weighted by atomic mass is 10.2. The summed E-state index contributed by atoms with van der Waals surface area (Å²) in [5.41, 5.74) is -0.00299. The van der Waals surface area contributed by atoms with E-state index in [1.54, 1.807) is 26.8 Å². The Balaban J connectivity index is 2.74. The lowest BCUT2D eigenvalue weighted by Gasteiger charge is -2.19. The fraction of sp³-hybridized carbons (Fsp3) is 0.400. The van der Waals surface area contributed by atoms with E-state index >= 15 is 0 Å². The Kier molecular flexibility index (Phi) is 5.90. The number of ether oxygens (including phenoxy) is 1. The van der Waals surface area contributed by atoms with Crippen molar-refractivity contribution in [1.29, 1.82) is 0 Å². The van der Waals surface area contributed by atoms with Gasteiger partial charge in [-0.15, -0.1) is 0 Å². The molecule has 0 aliphatic carbocycles. The molecule has 0 radical (unpaired) electrons. The van der Waals surface area contributed by atoms with Crippen molar-refractivity contribution in [3.8, 4) is 11.8 Å². The molecule has 0 unspecified atom stereocenters. The van der Waals surface area contributed by atoms with Crippen LogP contribution in [0.25, 0.3) is 0 Å². The van der Waals surface area contributed by atoms with Gasteiger partial charge in [0.1, 0.15) is 11.4 Å². The molecule has 1 rings (SSSR count). The molecule has 0 aliphatic heterocycles. The van der Waals surface area contributed by atoms with Crippen LogP contribution in [0.5, 0.6) is 0 Å². The summed E-state index contributed by atoms with van der Waals surface area (Å²) < 4.78 is 18.9. The summed E-state index contributed by atoms with van der Waals surface area (Å²) >= 11 is 4.04. The molecule has 1 aromatic carbocycles. The number of halogens is 1. The van der Waals surface area contributed by atoms with Gasteiger partial charge < -0.3 is 4.74 Å². The topological polar surface area (TPSA) is 38.3 Å². The Labute approximate surface area is 124 Å². The van der Waals surface area contributed by atoms with Crippen molar-refractivity contribution in [3.05, 3.63) is 29.6 Å². The van der Waals surface area contributed by atoms with Crippen LogP contribution in [0.3, 0.4) is 0 Å². The second-order valence-electron chi connectivity index (χ2n) is 5.10. The first-order chi connectivity index (χ1) is 9.31. The molecule has 108 valence electrons. The molecule has 0 aliphatic rings. The Morgan fingerprint density at radius 1 is 1.45 bits per heavy atom. The summed E-state index contributed by atoms with van der Waals surface area (Å²) in [4.78, 5) is 11.5. The van der Waals surface area contributed by atoms with Gasteiger partial charge in [0, 0.05) is 17.7 Å². The van der Waals surface area contributed by atoms with Crippen LogP contribution in [0.15, 0.2) is 18.2 Å². The molecule has 0 spiro atoms. The predicted molar refractivity (Wildman–Crippen MR) is 81.6 cm³/mol. The van der Waals surface area contributed by atoms with E-state index in [9.17, 15) is 9.18 Å². The smallest absolute Gasteiger partial charge is 0.412 e. The van der Waals surface area contributed by atoms with Crippen molar-refractivity contribution in [2.24, 2.45) is 0 Å². The quantitative estimate of drug-likeness (QED) is 0.642. The van der Waals surface area contributed by atoms with E-state index in [0.29, 0.717) is 17.7 Å². The molecule has 0 bridgehead atoms. The van der Waals surface area contributed by atoms with Gasteiger partial charge in [0.2, 0.25) is 0 Å². The highest BCUT2D eigenvalue weighted by molar-refractivity contribution is 7.80. The van der Waals surface area contributed by atoms with Crippen molar-refractivity contribution in [3.63, 3.8) is 0 Å². The SMILES string of the molecule is CC(C)(C)OC(=O)Nc1ccc(C#CCCS)cc1F. The van der Waals surface area contributed by atoms with Gasteiger partial charge in [0.05, 0.1) is 5.69 Å². The van der Waals surface area contributed by atoms with E-state index in [1.165, 1.54) is 12.1 Å². The van der Waals surface area contributed by atoms with Gasteiger partial charge in [-0.25, -0.2) is 9.18 Å². The Morgan fingerprint density at radius 2 is 2.15 bits per heavy atom. The fourth-order valence-corrected chi connectivity index (χ4v) is 1.44. The highest BCUT2D eigenvalue weighted by atomic mass is 32.1. The Bertz CT molecular complexity index is 541. The Hall–Kier alpha value is -1.67. The minimum absolute atomic E-state index is 0.0685. The molecule has 0 saturated carbocycles. The van der Waals surface area contributed by atoms with Crippen LogP contribution in [-0.2, 0) is 4.74 Å². The first-order valence-corrected chi connectivity index (χ1v) is 6.84. The summed E-state index contributed by atoms with van der Waals surface area (Å²) in [7, 11) is 0. The minimum atomic E-state index is -0.690. The molecule has 3 nitrogen and oxygen atoms in total. The van der Waals surface area contributed by atoms with E-state index < -0.39 is 17.5 Å². The predicted octanol–water partition coefficient (Wildman–Crippen LogP) is 3.84. The van der Waals surface area contributed by atoms with Crippen molar-refractivity contribution in [1.82, 2.24) is 0 Å². The molecular weight excluding hydrogens is 277 g/mol. The molecule has 0 fully saturated rings. The van der Waals surface area contributed by atoms with Gasteiger partial charge in [-0.2, -0.15) is 12.6 Å². The number of carbonyl (C=O) groups excluding carboxylic acids is 1. The standard InChI is InChI=1S/C15H18FNO2S/c1-15(2,3)19-14(18)17-13-8-7-11(10-12(13)16)6-4-5-9-20/h7-8,10,20H,5,9H2,1-3H3,(H,17,18). The molecule has 0 heterocycles. The number of hydrogen-bond acceptors (Lipinski definition) is 3.